The van der Waals surface area contributed by atoms with Crippen molar-refractivity contribution in [2.24, 2.45) is 0 Å². The molecule has 3 aromatic rings. The third kappa shape index (κ3) is 3.94. The van der Waals surface area contributed by atoms with Gasteiger partial charge in [-0.1, -0.05) is 25.1 Å². The standard InChI is InChI=1S/C23H24O5S/c1-2-13-10-19(25)18(23-22(27)20(26)11-16(12-24)28-23)9-15(13)8-17-7-14-5-3-4-6-21(14)29-17/h3-7,9-10,16,20,23-26H,2,8,11-12H2,1H3/t16-,20-,23-/m0/s1. The first-order valence-corrected chi connectivity index (χ1v) is 10.6. The van der Waals surface area contributed by atoms with Crippen molar-refractivity contribution >= 4 is 27.2 Å². The predicted octanol–water partition coefficient (Wildman–Crippen LogP) is 3.51. The molecule has 0 saturated carbocycles. The van der Waals surface area contributed by atoms with E-state index in [0.717, 1.165) is 17.5 Å². The molecule has 0 amide bonds. The van der Waals surface area contributed by atoms with Crippen molar-refractivity contribution in [3.63, 3.8) is 0 Å². The van der Waals surface area contributed by atoms with Crippen LogP contribution in [0.3, 0.4) is 0 Å². The van der Waals surface area contributed by atoms with Crippen molar-refractivity contribution in [2.45, 2.75) is 44.5 Å². The number of phenolic OH excluding ortho intramolecular Hbond substituents is 1. The summed E-state index contributed by atoms with van der Waals surface area (Å²) >= 11 is 1.73. The zero-order valence-electron chi connectivity index (χ0n) is 16.2. The number of ketones is 1. The van der Waals surface area contributed by atoms with Gasteiger partial charge in [0.1, 0.15) is 18.0 Å². The number of phenols is 1. The summed E-state index contributed by atoms with van der Waals surface area (Å²) in [7, 11) is 0. The lowest BCUT2D eigenvalue weighted by molar-refractivity contribution is -0.161. The zero-order chi connectivity index (χ0) is 20.5. The van der Waals surface area contributed by atoms with Crippen LogP contribution in [0, 0.1) is 0 Å². The van der Waals surface area contributed by atoms with Gasteiger partial charge in [0.05, 0.1) is 12.7 Å². The van der Waals surface area contributed by atoms with E-state index in [0.29, 0.717) is 12.0 Å². The summed E-state index contributed by atoms with van der Waals surface area (Å²) < 4.78 is 6.92. The van der Waals surface area contributed by atoms with E-state index in [-0.39, 0.29) is 18.8 Å². The fourth-order valence-electron chi connectivity index (χ4n) is 3.91. The molecule has 4 rings (SSSR count). The highest BCUT2D eigenvalue weighted by atomic mass is 32.1. The lowest BCUT2D eigenvalue weighted by Crippen LogP contribution is -2.41. The minimum absolute atomic E-state index is 0.0221. The maximum atomic E-state index is 12.5. The summed E-state index contributed by atoms with van der Waals surface area (Å²) in [6.45, 7) is 1.74. The van der Waals surface area contributed by atoms with Crippen molar-refractivity contribution in [1.29, 1.82) is 0 Å². The second-order valence-electron chi connectivity index (χ2n) is 7.44. The third-order valence-corrected chi connectivity index (χ3v) is 6.57. The lowest BCUT2D eigenvalue weighted by atomic mass is 9.90. The topological polar surface area (TPSA) is 87.0 Å². The van der Waals surface area contributed by atoms with Gasteiger partial charge in [0, 0.05) is 28.0 Å². The van der Waals surface area contributed by atoms with Gasteiger partial charge in [-0.05, 0) is 47.2 Å². The number of thiophene rings is 1. The van der Waals surface area contributed by atoms with Crippen molar-refractivity contribution < 1.29 is 24.9 Å². The number of hydrogen-bond donors (Lipinski definition) is 3. The van der Waals surface area contributed by atoms with Crippen molar-refractivity contribution in [3.8, 4) is 5.75 Å². The number of rotatable bonds is 5. The van der Waals surface area contributed by atoms with Crippen LogP contribution in [0.25, 0.3) is 10.1 Å². The summed E-state index contributed by atoms with van der Waals surface area (Å²) in [6.07, 6.45) is -1.43. The van der Waals surface area contributed by atoms with Crippen molar-refractivity contribution in [1.82, 2.24) is 0 Å². The van der Waals surface area contributed by atoms with Crippen LogP contribution >= 0.6 is 11.3 Å². The molecule has 1 aliphatic rings. The largest absolute Gasteiger partial charge is 0.508 e. The highest BCUT2D eigenvalue weighted by molar-refractivity contribution is 7.19. The van der Waals surface area contributed by atoms with E-state index in [4.69, 9.17) is 4.74 Å². The Bertz CT molecular complexity index is 1010. The first-order valence-electron chi connectivity index (χ1n) is 9.80. The molecule has 3 N–H and O–H groups in total. The molecule has 0 spiro atoms. The SMILES string of the molecule is CCc1cc(O)c([C@@H]2O[C@H](CO)C[C@H](O)C2=O)cc1Cc1cc2ccccc2s1. The van der Waals surface area contributed by atoms with Gasteiger partial charge in [-0.2, -0.15) is 0 Å². The first-order chi connectivity index (χ1) is 14.0. The van der Waals surface area contributed by atoms with Gasteiger partial charge in [0.25, 0.3) is 0 Å². The number of Topliss-reactive ketones (excluding diaryl/α,β-unsaturated/α-hetero) is 1. The number of hydrogen-bond acceptors (Lipinski definition) is 6. The van der Waals surface area contributed by atoms with Gasteiger partial charge in [-0.25, -0.2) is 0 Å². The second kappa shape index (κ2) is 8.24. The van der Waals surface area contributed by atoms with E-state index in [1.54, 1.807) is 17.4 Å². The summed E-state index contributed by atoms with van der Waals surface area (Å²) in [4.78, 5) is 13.7. The quantitative estimate of drug-likeness (QED) is 0.597. The molecule has 6 heteroatoms. The van der Waals surface area contributed by atoms with Crippen LogP contribution in [0.1, 0.15) is 41.0 Å². The molecule has 1 saturated heterocycles. The predicted molar refractivity (Wildman–Crippen MR) is 112 cm³/mol. The summed E-state index contributed by atoms with van der Waals surface area (Å²) in [6, 6.07) is 13.9. The fourth-order valence-corrected chi connectivity index (χ4v) is 5.00. The van der Waals surface area contributed by atoms with E-state index < -0.39 is 24.1 Å². The van der Waals surface area contributed by atoms with E-state index >= 15 is 0 Å². The van der Waals surface area contributed by atoms with Gasteiger partial charge in [-0.3, -0.25) is 4.79 Å². The number of aliphatic hydroxyl groups excluding tert-OH is 2. The summed E-state index contributed by atoms with van der Waals surface area (Å²) in [5.41, 5.74) is 2.37. The first kappa shape index (κ1) is 20.0. The van der Waals surface area contributed by atoms with Gasteiger partial charge < -0.3 is 20.1 Å². The molecule has 152 valence electrons. The Morgan fingerprint density at radius 3 is 2.69 bits per heavy atom. The van der Waals surface area contributed by atoms with E-state index in [2.05, 4.69) is 18.2 Å². The highest BCUT2D eigenvalue weighted by Crippen LogP contribution is 2.37. The maximum Gasteiger partial charge on any atom is 0.194 e. The molecule has 1 fully saturated rings. The lowest BCUT2D eigenvalue weighted by Gasteiger charge is -2.32. The van der Waals surface area contributed by atoms with E-state index in [1.165, 1.54) is 15.0 Å². The highest BCUT2D eigenvalue weighted by Gasteiger charge is 2.38. The maximum absolute atomic E-state index is 12.5. The molecule has 1 aliphatic heterocycles. The number of carbonyl (C=O) groups is 1. The molecule has 29 heavy (non-hydrogen) atoms. The van der Waals surface area contributed by atoms with Gasteiger partial charge in [-0.15, -0.1) is 11.3 Å². The molecule has 5 nitrogen and oxygen atoms in total. The molecule has 3 atom stereocenters. The zero-order valence-corrected chi connectivity index (χ0v) is 17.0. The van der Waals surface area contributed by atoms with Crippen molar-refractivity contribution in [3.05, 3.63) is 64.0 Å². The minimum Gasteiger partial charge on any atom is -0.508 e. The Hall–Kier alpha value is -2.25. The fraction of sp³-hybridized carbons (Fsp3) is 0.348. The van der Waals surface area contributed by atoms with Crippen LogP contribution in [0.2, 0.25) is 0 Å². The molecular weight excluding hydrogens is 388 g/mol. The number of aromatic hydroxyl groups is 1. The Morgan fingerprint density at radius 1 is 1.17 bits per heavy atom. The van der Waals surface area contributed by atoms with Gasteiger partial charge >= 0.3 is 0 Å². The number of aliphatic hydroxyl groups is 2. The molecule has 2 aromatic carbocycles. The number of fused-ring (bicyclic) bond motifs is 1. The number of benzene rings is 2. The van der Waals surface area contributed by atoms with Gasteiger partial charge in [0.15, 0.2) is 5.78 Å². The van der Waals surface area contributed by atoms with E-state index in [1.807, 2.05) is 25.1 Å². The Balaban J connectivity index is 1.71. The Kier molecular flexibility index (Phi) is 5.69. The van der Waals surface area contributed by atoms with Crippen LogP contribution < -0.4 is 0 Å². The number of ether oxygens (including phenoxy) is 1. The van der Waals surface area contributed by atoms with Crippen LogP contribution in [0.4, 0.5) is 0 Å². The summed E-state index contributed by atoms with van der Waals surface area (Å²) in [5.74, 6) is -0.506. The van der Waals surface area contributed by atoms with Crippen LogP contribution in [0.5, 0.6) is 5.75 Å². The molecule has 0 unspecified atom stereocenters. The Labute approximate surface area is 173 Å². The normalized spacial score (nSPS) is 22.3. The molecular formula is C23H24O5S. The van der Waals surface area contributed by atoms with Crippen LogP contribution in [-0.4, -0.2) is 39.9 Å². The monoisotopic (exact) mass is 412 g/mol. The summed E-state index contributed by atoms with van der Waals surface area (Å²) in [5, 5.41) is 31.3. The molecule has 0 bridgehead atoms. The average molecular weight is 413 g/mol. The molecule has 0 aliphatic carbocycles. The third-order valence-electron chi connectivity index (χ3n) is 5.46. The molecule has 0 radical (unpaired) electrons. The number of aryl methyl sites for hydroxylation is 1. The average Bonchev–Trinajstić information content (AvgIpc) is 3.13. The molecule has 2 heterocycles. The number of carbonyl (C=O) groups excluding carboxylic acids is 1. The van der Waals surface area contributed by atoms with Crippen LogP contribution in [0.15, 0.2) is 42.5 Å². The van der Waals surface area contributed by atoms with E-state index in [9.17, 15) is 20.1 Å². The minimum atomic E-state index is -1.21. The molecule has 1 aromatic heterocycles. The Morgan fingerprint density at radius 2 is 1.97 bits per heavy atom. The smallest absolute Gasteiger partial charge is 0.194 e. The second-order valence-corrected chi connectivity index (χ2v) is 8.60. The van der Waals surface area contributed by atoms with Crippen LogP contribution in [-0.2, 0) is 22.4 Å². The van der Waals surface area contributed by atoms with Gasteiger partial charge in [0.2, 0.25) is 0 Å². The van der Waals surface area contributed by atoms with Crippen molar-refractivity contribution in [2.75, 3.05) is 6.61 Å².